The Kier molecular flexibility index (Phi) is 6.18. The van der Waals surface area contributed by atoms with Gasteiger partial charge in [-0.2, -0.15) is 0 Å². The smallest absolute Gasteiger partial charge is 0.251 e. The number of hydrogen-bond acceptors (Lipinski definition) is 6. The molecule has 1 atom stereocenters. The monoisotopic (exact) mass is 410 g/mol. The van der Waals surface area contributed by atoms with Gasteiger partial charge in [0.2, 0.25) is 5.95 Å². The number of likely N-dealkylation sites (tertiary alicyclic amines) is 1. The molecule has 2 aliphatic heterocycles. The third kappa shape index (κ3) is 4.26. The van der Waals surface area contributed by atoms with E-state index >= 15 is 0 Å². The average Bonchev–Trinajstić information content (AvgIpc) is 3.33. The number of benzene rings is 1. The Bertz CT molecular complexity index is 871. The normalized spacial score (nSPS) is 19.7. The van der Waals surface area contributed by atoms with E-state index in [0.29, 0.717) is 12.6 Å². The van der Waals surface area contributed by atoms with Crippen LogP contribution >= 0.6 is 0 Å². The van der Waals surface area contributed by atoms with Gasteiger partial charge in [-0.15, -0.1) is 0 Å². The molecule has 2 saturated heterocycles. The Balaban J connectivity index is 1.56. The number of aromatic nitrogens is 2. The van der Waals surface area contributed by atoms with Crippen molar-refractivity contribution in [2.45, 2.75) is 37.7 Å². The van der Waals surface area contributed by atoms with Crippen molar-refractivity contribution in [1.29, 1.82) is 0 Å². The third-order valence-electron chi connectivity index (χ3n) is 6.00. The zero-order chi connectivity index (χ0) is 21.1. The number of carbonyl (C=O) groups is 1. The van der Waals surface area contributed by atoms with Gasteiger partial charge in [-0.1, -0.05) is 12.1 Å². The maximum absolute atomic E-state index is 12.7. The van der Waals surface area contributed by atoms with Crippen LogP contribution in [0.15, 0.2) is 30.5 Å². The number of ether oxygens (including phenoxy) is 2. The first-order valence-corrected chi connectivity index (χ1v) is 10.7. The molecule has 0 bridgehead atoms. The predicted octanol–water partition coefficient (Wildman–Crippen LogP) is 3.10. The van der Waals surface area contributed by atoms with Gasteiger partial charge in [0, 0.05) is 51.5 Å². The van der Waals surface area contributed by atoms with Gasteiger partial charge in [0.05, 0.1) is 12.8 Å². The Labute approximate surface area is 178 Å². The van der Waals surface area contributed by atoms with E-state index in [2.05, 4.69) is 4.98 Å². The molecule has 7 heteroatoms. The van der Waals surface area contributed by atoms with E-state index in [1.165, 1.54) is 0 Å². The lowest BCUT2D eigenvalue weighted by atomic mass is 9.88. The lowest BCUT2D eigenvalue weighted by Gasteiger charge is -2.34. The molecule has 0 aliphatic carbocycles. The molecule has 2 aliphatic rings. The van der Waals surface area contributed by atoms with E-state index in [-0.39, 0.29) is 17.9 Å². The molecule has 0 saturated carbocycles. The first kappa shape index (κ1) is 20.6. The van der Waals surface area contributed by atoms with Crippen LogP contribution < -0.4 is 9.64 Å². The van der Waals surface area contributed by atoms with Crippen molar-refractivity contribution < 1.29 is 14.3 Å². The summed E-state index contributed by atoms with van der Waals surface area (Å²) in [4.78, 5) is 26.1. The summed E-state index contributed by atoms with van der Waals surface area (Å²) in [6.45, 7) is 2.19. The van der Waals surface area contributed by atoms with E-state index in [0.717, 1.165) is 61.3 Å². The zero-order valence-corrected chi connectivity index (χ0v) is 18.0. The molecule has 0 radical (unpaired) electrons. The second kappa shape index (κ2) is 9.00. The average molecular weight is 411 g/mol. The number of hydrogen-bond donors (Lipinski definition) is 0. The van der Waals surface area contributed by atoms with Crippen molar-refractivity contribution in [3.8, 4) is 16.9 Å². The fourth-order valence-corrected chi connectivity index (χ4v) is 4.25. The van der Waals surface area contributed by atoms with Crippen molar-refractivity contribution in [2.24, 2.45) is 0 Å². The largest absolute Gasteiger partial charge is 0.497 e. The van der Waals surface area contributed by atoms with Gasteiger partial charge in [0.1, 0.15) is 11.9 Å². The minimum absolute atomic E-state index is 0.151. The summed E-state index contributed by atoms with van der Waals surface area (Å²) < 4.78 is 10.9. The molecule has 7 nitrogen and oxygen atoms in total. The quantitative estimate of drug-likeness (QED) is 0.755. The lowest BCUT2D eigenvalue weighted by Crippen LogP contribution is -2.43. The highest BCUT2D eigenvalue weighted by atomic mass is 16.5. The second-order valence-corrected chi connectivity index (χ2v) is 8.19. The van der Waals surface area contributed by atoms with Crippen LogP contribution in [-0.4, -0.2) is 67.8 Å². The number of rotatable bonds is 5. The third-order valence-corrected chi connectivity index (χ3v) is 6.00. The maximum atomic E-state index is 12.7. The number of anilines is 1. The molecule has 2 fully saturated rings. The van der Waals surface area contributed by atoms with Gasteiger partial charge in [-0.25, -0.2) is 9.97 Å². The van der Waals surface area contributed by atoms with E-state index < -0.39 is 0 Å². The summed E-state index contributed by atoms with van der Waals surface area (Å²) in [6.07, 6.45) is 5.29. The molecular formula is C23H30N4O3. The standard InChI is InChI=1S/C23H30N4O3/c1-26(2)23-24-15-19(16-6-8-18(29-3)9-7-16)21(25-23)17-10-12-27(13-11-17)22(28)20-5-4-14-30-20/h6-9,15,17,20H,4-5,10-14H2,1-3H3/t20-/m1/s1. The number of nitrogens with zero attached hydrogens (tertiary/aromatic N) is 4. The van der Waals surface area contributed by atoms with Crippen LogP contribution in [0.2, 0.25) is 0 Å². The van der Waals surface area contributed by atoms with Crippen molar-refractivity contribution in [1.82, 2.24) is 14.9 Å². The van der Waals surface area contributed by atoms with Gasteiger partial charge in [-0.05, 0) is 43.4 Å². The summed E-state index contributed by atoms with van der Waals surface area (Å²) in [5.74, 6) is 1.97. The van der Waals surface area contributed by atoms with E-state index in [1.54, 1.807) is 7.11 Å². The van der Waals surface area contributed by atoms with Gasteiger partial charge in [0.25, 0.3) is 5.91 Å². The highest BCUT2D eigenvalue weighted by Crippen LogP contribution is 2.35. The zero-order valence-electron chi connectivity index (χ0n) is 18.0. The molecule has 1 aromatic carbocycles. The van der Waals surface area contributed by atoms with Crippen molar-refractivity contribution >= 4 is 11.9 Å². The van der Waals surface area contributed by atoms with E-state index in [4.69, 9.17) is 14.5 Å². The van der Waals surface area contributed by atoms with Crippen molar-refractivity contribution in [3.05, 3.63) is 36.2 Å². The van der Waals surface area contributed by atoms with Crippen LogP contribution in [0.5, 0.6) is 5.75 Å². The van der Waals surface area contributed by atoms with Gasteiger partial charge < -0.3 is 19.3 Å². The SMILES string of the molecule is COc1ccc(-c2cnc(N(C)C)nc2C2CCN(C(=O)[C@H]3CCCO3)CC2)cc1. The number of piperidine rings is 1. The summed E-state index contributed by atoms with van der Waals surface area (Å²) >= 11 is 0. The second-order valence-electron chi connectivity index (χ2n) is 8.19. The number of methoxy groups -OCH3 is 1. The fourth-order valence-electron chi connectivity index (χ4n) is 4.25. The molecule has 1 amide bonds. The molecule has 0 spiro atoms. The summed E-state index contributed by atoms with van der Waals surface area (Å²) in [6, 6.07) is 8.02. The van der Waals surface area contributed by atoms with E-state index in [9.17, 15) is 4.79 Å². The lowest BCUT2D eigenvalue weighted by molar-refractivity contribution is -0.142. The minimum atomic E-state index is -0.240. The molecule has 30 heavy (non-hydrogen) atoms. The Morgan fingerprint density at radius 3 is 2.50 bits per heavy atom. The predicted molar refractivity (Wildman–Crippen MR) is 116 cm³/mol. The molecule has 3 heterocycles. The first-order valence-electron chi connectivity index (χ1n) is 10.7. The van der Waals surface area contributed by atoms with Crippen molar-refractivity contribution in [2.75, 3.05) is 45.8 Å². The van der Waals surface area contributed by atoms with Crippen LogP contribution in [0.25, 0.3) is 11.1 Å². The first-order chi connectivity index (χ1) is 14.6. The van der Waals surface area contributed by atoms with E-state index in [1.807, 2.05) is 54.4 Å². The minimum Gasteiger partial charge on any atom is -0.497 e. The van der Waals surface area contributed by atoms with Crippen LogP contribution in [0.1, 0.15) is 37.3 Å². The Morgan fingerprint density at radius 2 is 1.90 bits per heavy atom. The topological polar surface area (TPSA) is 67.8 Å². The van der Waals surface area contributed by atoms with Crippen LogP contribution in [0, 0.1) is 0 Å². The number of amides is 1. The highest BCUT2D eigenvalue weighted by Gasteiger charge is 2.32. The maximum Gasteiger partial charge on any atom is 0.251 e. The fraction of sp³-hybridized carbons (Fsp3) is 0.522. The van der Waals surface area contributed by atoms with Gasteiger partial charge in [0.15, 0.2) is 0 Å². The van der Waals surface area contributed by atoms with Crippen LogP contribution in [0.3, 0.4) is 0 Å². The molecule has 0 N–H and O–H groups in total. The van der Waals surface area contributed by atoms with Crippen molar-refractivity contribution in [3.63, 3.8) is 0 Å². The molecule has 160 valence electrons. The summed E-state index contributed by atoms with van der Waals surface area (Å²) in [5.41, 5.74) is 3.18. The molecule has 2 aromatic rings. The number of carbonyl (C=O) groups excluding carboxylic acids is 1. The van der Waals surface area contributed by atoms with Gasteiger partial charge in [-0.3, -0.25) is 4.79 Å². The Hall–Kier alpha value is -2.67. The summed E-state index contributed by atoms with van der Waals surface area (Å²) in [5, 5.41) is 0. The van der Waals surface area contributed by atoms with Crippen LogP contribution in [-0.2, 0) is 9.53 Å². The highest BCUT2D eigenvalue weighted by molar-refractivity contribution is 5.81. The molecular weight excluding hydrogens is 380 g/mol. The molecule has 0 unspecified atom stereocenters. The molecule has 4 rings (SSSR count). The van der Waals surface area contributed by atoms with Gasteiger partial charge >= 0.3 is 0 Å². The summed E-state index contributed by atoms with van der Waals surface area (Å²) in [7, 11) is 5.57. The molecule has 1 aromatic heterocycles. The Morgan fingerprint density at radius 1 is 1.17 bits per heavy atom. The van der Waals surface area contributed by atoms with Crippen LogP contribution in [0.4, 0.5) is 5.95 Å².